The summed E-state index contributed by atoms with van der Waals surface area (Å²) in [6, 6.07) is 0. The molecular weight excluding hydrogens is 322 g/mol. The monoisotopic (exact) mass is 349 g/mol. The number of carbonyl (C=O) groups excluding carboxylic acids is 1. The first kappa shape index (κ1) is 18.6. The van der Waals surface area contributed by atoms with Gasteiger partial charge in [-0.25, -0.2) is 14.6 Å². The molecule has 0 aliphatic rings. The average molecular weight is 350 g/mol. The van der Waals surface area contributed by atoms with E-state index in [-0.39, 0.29) is 11.3 Å². The van der Waals surface area contributed by atoms with Crippen LogP contribution in [0, 0.1) is 0 Å². The molecular formula is C17H27N5OS. The van der Waals surface area contributed by atoms with Crippen LogP contribution in [0.4, 0.5) is 5.13 Å². The fraction of sp³-hybridized carbons (Fsp3) is 0.647. The van der Waals surface area contributed by atoms with Crippen molar-refractivity contribution >= 4 is 22.4 Å². The molecule has 0 aliphatic carbocycles. The second kappa shape index (κ2) is 8.37. The van der Waals surface area contributed by atoms with Gasteiger partial charge in [0.25, 0.3) is 0 Å². The maximum atomic E-state index is 12.1. The van der Waals surface area contributed by atoms with Gasteiger partial charge in [0, 0.05) is 11.8 Å². The maximum absolute atomic E-state index is 12.1. The quantitative estimate of drug-likeness (QED) is 0.720. The summed E-state index contributed by atoms with van der Waals surface area (Å²) in [5.41, 5.74) is 0.775. The number of nitrogens with zero attached hydrogens (tertiary/aromatic N) is 4. The normalized spacial score (nSPS) is 11.7. The molecule has 132 valence electrons. The smallest absolute Gasteiger partial charge is 0.226 e. The third-order valence-electron chi connectivity index (χ3n) is 3.70. The summed E-state index contributed by atoms with van der Waals surface area (Å²) >= 11 is 1.44. The Morgan fingerprint density at radius 3 is 2.62 bits per heavy atom. The van der Waals surface area contributed by atoms with Crippen molar-refractivity contribution in [3.8, 4) is 5.00 Å². The van der Waals surface area contributed by atoms with Gasteiger partial charge >= 0.3 is 0 Å². The number of unbranched alkanes of at least 4 members (excludes halogenated alkanes) is 4. The van der Waals surface area contributed by atoms with E-state index in [1.807, 2.05) is 0 Å². The van der Waals surface area contributed by atoms with E-state index in [9.17, 15) is 4.79 Å². The van der Waals surface area contributed by atoms with Crippen molar-refractivity contribution in [2.45, 2.75) is 71.6 Å². The molecule has 0 radical (unpaired) electrons. The van der Waals surface area contributed by atoms with E-state index in [0.29, 0.717) is 11.6 Å². The van der Waals surface area contributed by atoms with Gasteiger partial charge in [-0.05, 0) is 6.42 Å². The fourth-order valence-electron chi connectivity index (χ4n) is 2.39. The SMILES string of the molecule is CCCCCCCC(=O)Nc1nc(C(C)(C)C)c(-n2cncn2)s1. The second-order valence-corrected chi connectivity index (χ2v) is 7.95. The van der Waals surface area contributed by atoms with Crippen LogP contribution in [0.1, 0.15) is 71.9 Å². The number of carbonyl (C=O) groups is 1. The zero-order valence-electron chi connectivity index (χ0n) is 15.0. The van der Waals surface area contributed by atoms with Gasteiger partial charge in [0.15, 0.2) is 5.13 Å². The Morgan fingerprint density at radius 2 is 2.00 bits per heavy atom. The summed E-state index contributed by atoms with van der Waals surface area (Å²) in [6.07, 6.45) is 9.40. The number of aromatic nitrogens is 4. The summed E-state index contributed by atoms with van der Waals surface area (Å²) in [6.45, 7) is 8.49. The molecule has 2 rings (SSSR count). The van der Waals surface area contributed by atoms with Crippen LogP contribution in [0.15, 0.2) is 12.7 Å². The van der Waals surface area contributed by atoms with Crippen LogP contribution in [0.25, 0.3) is 5.00 Å². The minimum atomic E-state index is -0.138. The lowest BCUT2D eigenvalue weighted by Gasteiger charge is -2.16. The molecule has 7 heteroatoms. The molecule has 0 unspecified atom stereocenters. The number of hydrogen-bond acceptors (Lipinski definition) is 5. The Labute approximate surface area is 147 Å². The van der Waals surface area contributed by atoms with Crippen molar-refractivity contribution in [1.29, 1.82) is 0 Å². The van der Waals surface area contributed by atoms with Crippen LogP contribution < -0.4 is 5.32 Å². The highest BCUT2D eigenvalue weighted by Gasteiger charge is 2.25. The summed E-state index contributed by atoms with van der Waals surface area (Å²) in [5.74, 6) is 0.0332. The van der Waals surface area contributed by atoms with E-state index in [1.165, 1.54) is 36.9 Å². The lowest BCUT2D eigenvalue weighted by Crippen LogP contribution is -2.16. The van der Waals surface area contributed by atoms with Crippen LogP contribution in [0.3, 0.4) is 0 Å². The predicted octanol–water partition coefficient (Wildman–Crippen LogP) is 4.32. The summed E-state index contributed by atoms with van der Waals surface area (Å²) < 4.78 is 1.71. The zero-order valence-corrected chi connectivity index (χ0v) is 15.8. The highest BCUT2D eigenvalue weighted by molar-refractivity contribution is 7.18. The van der Waals surface area contributed by atoms with Crippen LogP contribution >= 0.6 is 11.3 Å². The highest BCUT2D eigenvalue weighted by Crippen LogP contribution is 2.34. The molecule has 2 aromatic heterocycles. The van der Waals surface area contributed by atoms with Crippen molar-refractivity contribution in [3.63, 3.8) is 0 Å². The van der Waals surface area contributed by atoms with E-state index in [2.05, 4.69) is 48.1 Å². The van der Waals surface area contributed by atoms with Crippen molar-refractivity contribution in [2.75, 3.05) is 5.32 Å². The van der Waals surface area contributed by atoms with Gasteiger partial charge in [0.05, 0.1) is 5.69 Å². The molecule has 2 heterocycles. The molecule has 1 N–H and O–H groups in total. The number of hydrogen-bond donors (Lipinski definition) is 1. The van der Waals surface area contributed by atoms with Crippen LogP contribution in [0.5, 0.6) is 0 Å². The Morgan fingerprint density at radius 1 is 1.25 bits per heavy atom. The minimum absolute atomic E-state index is 0.0332. The molecule has 24 heavy (non-hydrogen) atoms. The Bertz CT molecular complexity index is 642. The number of rotatable bonds is 8. The van der Waals surface area contributed by atoms with E-state index < -0.39 is 0 Å². The first-order valence-corrected chi connectivity index (χ1v) is 9.39. The zero-order chi connectivity index (χ0) is 17.6. The van der Waals surface area contributed by atoms with E-state index in [4.69, 9.17) is 0 Å². The molecule has 0 saturated heterocycles. The Hall–Kier alpha value is -1.76. The largest absolute Gasteiger partial charge is 0.302 e. The lowest BCUT2D eigenvalue weighted by atomic mass is 9.92. The maximum Gasteiger partial charge on any atom is 0.226 e. The molecule has 0 spiro atoms. The number of amides is 1. The minimum Gasteiger partial charge on any atom is -0.302 e. The predicted molar refractivity (Wildman–Crippen MR) is 97.7 cm³/mol. The molecule has 2 aromatic rings. The highest BCUT2D eigenvalue weighted by atomic mass is 32.1. The van der Waals surface area contributed by atoms with Crippen LogP contribution in [-0.4, -0.2) is 25.7 Å². The molecule has 0 atom stereocenters. The van der Waals surface area contributed by atoms with Crippen molar-refractivity contribution in [3.05, 3.63) is 18.3 Å². The molecule has 0 fully saturated rings. The molecule has 0 saturated carbocycles. The summed E-state index contributed by atoms with van der Waals surface area (Å²) in [4.78, 5) is 20.8. The van der Waals surface area contributed by atoms with Crippen molar-refractivity contribution in [2.24, 2.45) is 0 Å². The average Bonchev–Trinajstić information content (AvgIpc) is 3.15. The Balaban J connectivity index is 2.02. The van der Waals surface area contributed by atoms with Crippen LogP contribution in [0.2, 0.25) is 0 Å². The molecule has 1 amide bonds. The molecule has 0 aliphatic heterocycles. The topological polar surface area (TPSA) is 72.7 Å². The van der Waals surface area contributed by atoms with Gasteiger partial charge < -0.3 is 5.32 Å². The van der Waals surface area contributed by atoms with Gasteiger partial charge in [0.1, 0.15) is 17.7 Å². The van der Waals surface area contributed by atoms with E-state index in [0.717, 1.165) is 23.5 Å². The van der Waals surface area contributed by atoms with Gasteiger partial charge in [-0.2, -0.15) is 5.10 Å². The van der Waals surface area contributed by atoms with Crippen LogP contribution in [-0.2, 0) is 10.2 Å². The van der Waals surface area contributed by atoms with E-state index >= 15 is 0 Å². The van der Waals surface area contributed by atoms with Crippen molar-refractivity contribution < 1.29 is 4.79 Å². The first-order valence-electron chi connectivity index (χ1n) is 8.58. The third-order valence-corrected chi connectivity index (χ3v) is 4.66. The number of nitrogens with one attached hydrogen (secondary N) is 1. The molecule has 0 bridgehead atoms. The fourth-order valence-corrected chi connectivity index (χ4v) is 3.51. The summed E-state index contributed by atoms with van der Waals surface area (Å²) in [5, 5.41) is 8.66. The van der Waals surface area contributed by atoms with Gasteiger partial charge in [-0.15, -0.1) is 0 Å². The number of anilines is 1. The standard InChI is InChI=1S/C17H27N5OS/c1-5-6-7-8-9-10-13(23)20-16-21-14(17(2,3)4)15(24-16)22-12-18-11-19-22/h11-12H,5-10H2,1-4H3,(H,20,21,23). The lowest BCUT2D eigenvalue weighted by molar-refractivity contribution is -0.116. The van der Waals surface area contributed by atoms with Gasteiger partial charge in [-0.1, -0.05) is 64.7 Å². The van der Waals surface area contributed by atoms with Gasteiger partial charge in [0.2, 0.25) is 5.91 Å². The van der Waals surface area contributed by atoms with Gasteiger partial charge in [-0.3, -0.25) is 4.79 Å². The first-order chi connectivity index (χ1) is 11.4. The van der Waals surface area contributed by atoms with E-state index in [1.54, 1.807) is 11.0 Å². The third kappa shape index (κ3) is 5.12. The second-order valence-electron chi connectivity index (χ2n) is 6.98. The van der Waals surface area contributed by atoms with Crippen molar-refractivity contribution in [1.82, 2.24) is 19.7 Å². The Kier molecular flexibility index (Phi) is 6.48. The molecule has 0 aromatic carbocycles. The summed E-state index contributed by atoms with van der Waals surface area (Å²) in [7, 11) is 0. The molecule has 6 nitrogen and oxygen atoms in total. The number of thiazole rings is 1.